The summed E-state index contributed by atoms with van der Waals surface area (Å²) in [6, 6.07) is 7.16. The summed E-state index contributed by atoms with van der Waals surface area (Å²) < 4.78 is 13.2. The predicted molar refractivity (Wildman–Crippen MR) is 72.7 cm³/mol. The first-order valence-corrected chi connectivity index (χ1v) is 6.46. The lowest BCUT2D eigenvalue weighted by molar-refractivity contribution is 0.625. The number of rotatable bonds is 3. The molecule has 0 saturated heterocycles. The molecule has 4 heteroatoms. The van der Waals surface area contributed by atoms with Gasteiger partial charge >= 0.3 is 0 Å². The monoisotopic (exact) mass is 257 g/mol. The molecule has 0 spiro atoms. The second-order valence-corrected chi connectivity index (χ2v) is 5.09. The molecule has 1 N–H and O–H groups in total. The number of anilines is 1. The van der Waals surface area contributed by atoms with E-state index < -0.39 is 0 Å². The Morgan fingerprint density at radius 2 is 2.16 bits per heavy atom. The van der Waals surface area contributed by atoms with Crippen LogP contribution in [0.4, 0.5) is 10.2 Å². The first-order valence-electron chi connectivity index (χ1n) is 6.46. The van der Waals surface area contributed by atoms with Crippen LogP contribution < -0.4 is 5.32 Å². The quantitative estimate of drug-likeness (QED) is 0.917. The highest BCUT2D eigenvalue weighted by molar-refractivity contribution is 5.45. The average Bonchev–Trinajstić information content (AvgIpc) is 3.13. The molecule has 1 heterocycles. The van der Waals surface area contributed by atoms with Crippen molar-refractivity contribution in [2.24, 2.45) is 0 Å². The zero-order valence-electron chi connectivity index (χ0n) is 11.0. The first-order chi connectivity index (χ1) is 9.13. The van der Waals surface area contributed by atoms with Crippen LogP contribution in [-0.4, -0.2) is 16.0 Å². The maximum Gasteiger partial charge on any atom is 0.147 e. The SMILES string of the molecule is Cc1cnc(C)c(N[C@@H]2C[C@H]2c2cccc(F)c2)n1. The molecule has 0 amide bonds. The molecule has 0 radical (unpaired) electrons. The van der Waals surface area contributed by atoms with E-state index in [4.69, 9.17) is 0 Å². The van der Waals surface area contributed by atoms with Crippen LogP contribution in [0.5, 0.6) is 0 Å². The predicted octanol–water partition coefficient (Wildman–Crippen LogP) is 3.20. The minimum absolute atomic E-state index is 0.172. The largest absolute Gasteiger partial charge is 0.365 e. The number of hydrogen-bond donors (Lipinski definition) is 1. The molecule has 1 aromatic carbocycles. The number of aromatic nitrogens is 2. The van der Waals surface area contributed by atoms with Gasteiger partial charge in [-0.05, 0) is 38.0 Å². The second kappa shape index (κ2) is 4.61. The number of nitrogens with zero attached hydrogens (tertiary/aromatic N) is 2. The Balaban J connectivity index is 1.72. The Kier molecular flexibility index (Phi) is 2.93. The Hall–Kier alpha value is -1.97. The minimum atomic E-state index is -0.172. The second-order valence-electron chi connectivity index (χ2n) is 5.09. The molecule has 0 bridgehead atoms. The average molecular weight is 257 g/mol. The van der Waals surface area contributed by atoms with Gasteiger partial charge < -0.3 is 5.32 Å². The molecule has 1 saturated carbocycles. The van der Waals surface area contributed by atoms with Gasteiger partial charge in [0.1, 0.15) is 11.6 Å². The lowest BCUT2D eigenvalue weighted by atomic mass is 10.1. The van der Waals surface area contributed by atoms with Crippen molar-refractivity contribution in [2.45, 2.75) is 32.2 Å². The lowest BCUT2D eigenvalue weighted by Crippen LogP contribution is -2.09. The topological polar surface area (TPSA) is 37.8 Å². The third-order valence-corrected chi connectivity index (χ3v) is 3.47. The van der Waals surface area contributed by atoms with Crippen molar-refractivity contribution in [2.75, 3.05) is 5.32 Å². The Morgan fingerprint density at radius 3 is 2.95 bits per heavy atom. The number of hydrogen-bond acceptors (Lipinski definition) is 3. The summed E-state index contributed by atoms with van der Waals surface area (Å²) >= 11 is 0. The summed E-state index contributed by atoms with van der Waals surface area (Å²) in [4.78, 5) is 8.74. The maximum atomic E-state index is 13.2. The highest BCUT2D eigenvalue weighted by Crippen LogP contribution is 2.42. The van der Waals surface area contributed by atoms with Crippen molar-refractivity contribution in [3.05, 3.63) is 53.2 Å². The van der Waals surface area contributed by atoms with E-state index in [0.29, 0.717) is 12.0 Å². The van der Waals surface area contributed by atoms with Gasteiger partial charge in [-0.2, -0.15) is 0 Å². The highest BCUT2D eigenvalue weighted by atomic mass is 19.1. The normalized spacial score (nSPS) is 21.2. The van der Waals surface area contributed by atoms with Gasteiger partial charge in [0.05, 0.1) is 11.4 Å². The van der Waals surface area contributed by atoms with E-state index in [2.05, 4.69) is 15.3 Å². The van der Waals surface area contributed by atoms with E-state index >= 15 is 0 Å². The van der Waals surface area contributed by atoms with Gasteiger partial charge in [0, 0.05) is 18.2 Å². The van der Waals surface area contributed by atoms with Crippen LogP contribution in [0, 0.1) is 19.7 Å². The molecule has 3 rings (SSSR count). The summed E-state index contributed by atoms with van der Waals surface area (Å²) in [7, 11) is 0. The van der Waals surface area contributed by atoms with Gasteiger partial charge in [-0.15, -0.1) is 0 Å². The van der Waals surface area contributed by atoms with E-state index in [9.17, 15) is 4.39 Å². The molecule has 0 aliphatic heterocycles. The summed E-state index contributed by atoms with van der Waals surface area (Å²) in [6.45, 7) is 3.86. The molecule has 2 atom stereocenters. The van der Waals surface area contributed by atoms with Crippen LogP contribution in [0.25, 0.3) is 0 Å². The number of aryl methyl sites for hydroxylation is 2. The molecular formula is C15H16FN3. The smallest absolute Gasteiger partial charge is 0.147 e. The number of benzene rings is 1. The summed E-state index contributed by atoms with van der Waals surface area (Å²) in [6.07, 6.45) is 2.77. The Bertz CT molecular complexity index is 612. The molecule has 98 valence electrons. The van der Waals surface area contributed by atoms with Crippen LogP contribution in [0.3, 0.4) is 0 Å². The maximum absolute atomic E-state index is 13.2. The van der Waals surface area contributed by atoms with Crippen LogP contribution in [0.2, 0.25) is 0 Å². The van der Waals surface area contributed by atoms with Gasteiger partial charge in [0.25, 0.3) is 0 Å². The van der Waals surface area contributed by atoms with Crippen LogP contribution in [0.15, 0.2) is 30.5 Å². The van der Waals surface area contributed by atoms with Crippen molar-refractivity contribution in [1.29, 1.82) is 0 Å². The van der Waals surface area contributed by atoms with E-state index in [-0.39, 0.29) is 5.82 Å². The highest BCUT2D eigenvalue weighted by Gasteiger charge is 2.39. The fourth-order valence-corrected chi connectivity index (χ4v) is 2.31. The van der Waals surface area contributed by atoms with Crippen LogP contribution >= 0.6 is 0 Å². The molecular weight excluding hydrogens is 241 g/mol. The third-order valence-electron chi connectivity index (χ3n) is 3.47. The lowest BCUT2D eigenvalue weighted by Gasteiger charge is -2.08. The Morgan fingerprint density at radius 1 is 1.32 bits per heavy atom. The van der Waals surface area contributed by atoms with E-state index in [1.165, 1.54) is 6.07 Å². The fourth-order valence-electron chi connectivity index (χ4n) is 2.31. The van der Waals surface area contributed by atoms with Gasteiger partial charge in [-0.25, -0.2) is 9.37 Å². The van der Waals surface area contributed by atoms with Crippen molar-refractivity contribution in [3.8, 4) is 0 Å². The fraction of sp³-hybridized carbons (Fsp3) is 0.333. The van der Waals surface area contributed by atoms with E-state index in [0.717, 1.165) is 29.2 Å². The van der Waals surface area contributed by atoms with Gasteiger partial charge in [0.2, 0.25) is 0 Å². The molecule has 1 aromatic heterocycles. The van der Waals surface area contributed by atoms with Crippen LogP contribution in [-0.2, 0) is 0 Å². The molecule has 3 nitrogen and oxygen atoms in total. The van der Waals surface area contributed by atoms with E-state index in [1.807, 2.05) is 19.9 Å². The summed E-state index contributed by atoms with van der Waals surface area (Å²) in [5.74, 6) is 1.04. The minimum Gasteiger partial charge on any atom is -0.365 e. The first kappa shape index (κ1) is 12.1. The number of halogens is 1. The molecule has 2 aromatic rings. The van der Waals surface area contributed by atoms with Crippen molar-refractivity contribution >= 4 is 5.82 Å². The van der Waals surface area contributed by atoms with E-state index in [1.54, 1.807) is 18.3 Å². The van der Waals surface area contributed by atoms with Crippen molar-refractivity contribution in [3.63, 3.8) is 0 Å². The Labute approximate surface area is 111 Å². The molecule has 19 heavy (non-hydrogen) atoms. The molecule has 1 aliphatic carbocycles. The third kappa shape index (κ3) is 2.57. The van der Waals surface area contributed by atoms with Crippen LogP contribution in [0.1, 0.15) is 29.3 Å². The standard InChI is InChI=1S/C15H16FN3/c1-9-8-17-10(2)15(18-9)19-14-7-13(14)11-4-3-5-12(16)6-11/h3-6,8,13-14H,7H2,1-2H3,(H,18,19)/t13-,14+/m0/s1. The van der Waals surface area contributed by atoms with Gasteiger partial charge in [0.15, 0.2) is 0 Å². The molecule has 1 fully saturated rings. The summed E-state index contributed by atoms with van der Waals surface area (Å²) in [5.41, 5.74) is 2.85. The number of nitrogens with one attached hydrogen (secondary N) is 1. The molecule has 0 unspecified atom stereocenters. The van der Waals surface area contributed by atoms with Gasteiger partial charge in [-0.3, -0.25) is 4.98 Å². The van der Waals surface area contributed by atoms with Crippen molar-refractivity contribution in [1.82, 2.24) is 9.97 Å². The summed E-state index contributed by atoms with van der Waals surface area (Å²) in [5, 5.41) is 3.40. The zero-order valence-corrected chi connectivity index (χ0v) is 11.0. The van der Waals surface area contributed by atoms with Crippen molar-refractivity contribution < 1.29 is 4.39 Å². The zero-order chi connectivity index (χ0) is 13.4. The molecule has 1 aliphatic rings. The van der Waals surface area contributed by atoms with Gasteiger partial charge in [-0.1, -0.05) is 12.1 Å².